The molecule has 0 aliphatic carbocycles. The molecule has 1 aromatic rings. The quantitative estimate of drug-likeness (QED) is 0.743. The van der Waals surface area contributed by atoms with Crippen LogP contribution in [0.3, 0.4) is 0 Å². The summed E-state index contributed by atoms with van der Waals surface area (Å²) >= 11 is 0. The first-order valence-corrected chi connectivity index (χ1v) is 7.26. The standard InChI is InChI=1S/C16H23N3O4/c1-11(13(20)21)10-19(4)14(22)16(2,3)18-15(23)17-12-8-6-5-7-9-12/h5-9,11H,10H2,1-4H3,(H,20,21)(H2,17,18,23). The summed E-state index contributed by atoms with van der Waals surface area (Å²) in [6.07, 6.45) is 0. The van der Waals surface area contributed by atoms with E-state index in [0.717, 1.165) is 0 Å². The van der Waals surface area contributed by atoms with Gasteiger partial charge in [0.05, 0.1) is 5.92 Å². The molecule has 3 amide bonds. The first-order valence-electron chi connectivity index (χ1n) is 7.26. The molecular weight excluding hydrogens is 298 g/mol. The molecule has 0 radical (unpaired) electrons. The van der Waals surface area contributed by atoms with Crippen molar-refractivity contribution >= 4 is 23.6 Å². The minimum absolute atomic E-state index is 0.0690. The van der Waals surface area contributed by atoms with Crippen molar-refractivity contribution in [3.8, 4) is 0 Å². The van der Waals surface area contributed by atoms with Crippen molar-refractivity contribution in [2.45, 2.75) is 26.3 Å². The number of likely N-dealkylation sites (N-methyl/N-ethyl adjacent to an activating group) is 1. The molecule has 1 rings (SSSR count). The fourth-order valence-electron chi connectivity index (χ4n) is 2.07. The summed E-state index contributed by atoms with van der Waals surface area (Å²) in [5.41, 5.74) is -0.549. The lowest BCUT2D eigenvalue weighted by Crippen LogP contribution is -2.56. The van der Waals surface area contributed by atoms with Gasteiger partial charge in [-0.2, -0.15) is 0 Å². The number of aliphatic carboxylic acids is 1. The molecule has 0 bridgehead atoms. The van der Waals surface area contributed by atoms with Crippen molar-refractivity contribution < 1.29 is 19.5 Å². The molecule has 0 fully saturated rings. The van der Waals surface area contributed by atoms with Gasteiger partial charge in [-0.15, -0.1) is 0 Å². The summed E-state index contributed by atoms with van der Waals surface area (Å²) < 4.78 is 0. The van der Waals surface area contributed by atoms with E-state index in [1.165, 1.54) is 18.9 Å². The smallest absolute Gasteiger partial charge is 0.320 e. The molecule has 1 unspecified atom stereocenters. The molecule has 0 aliphatic heterocycles. The van der Waals surface area contributed by atoms with Gasteiger partial charge in [0.1, 0.15) is 5.54 Å². The number of rotatable bonds is 6. The second-order valence-corrected chi connectivity index (χ2v) is 6.00. The van der Waals surface area contributed by atoms with Crippen LogP contribution in [-0.4, -0.2) is 47.0 Å². The van der Waals surface area contributed by atoms with E-state index in [1.807, 2.05) is 6.07 Å². The zero-order chi connectivity index (χ0) is 17.6. The van der Waals surface area contributed by atoms with E-state index in [1.54, 1.807) is 38.1 Å². The number of para-hydroxylation sites is 1. The first kappa shape index (κ1) is 18.5. The van der Waals surface area contributed by atoms with Crippen LogP contribution in [0.25, 0.3) is 0 Å². The van der Waals surface area contributed by atoms with E-state index < -0.39 is 23.5 Å². The molecule has 0 saturated carbocycles. The number of hydrogen-bond donors (Lipinski definition) is 3. The Bertz CT molecular complexity index is 572. The van der Waals surface area contributed by atoms with E-state index in [4.69, 9.17) is 5.11 Å². The number of urea groups is 1. The summed E-state index contributed by atoms with van der Waals surface area (Å²) in [6.45, 7) is 4.73. The Morgan fingerprint density at radius 3 is 2.30 bits per heavy atom. The molecule has 0 spiro atoms. The number of carboxylic acids is 1. The first-order chi connectivity index (χ1) is 10.6. The number of amides is 3. The minimum Gasteiger partial charge on any atom is -0.481 e. The molecule has 0 heterocycles. The monoisotopic (exact) mass is 321 g/mol. The summed E-state index contributed by atoms with van der Waals surface area (Å²) in [4.78, 5) is 36.6. The molecule has 126 valence electrons. The normalized spacial score (nSPS) is 12.2. The van der Waals surface area contributed by atoms with E-state index in [0.29, 0.717) is 5.69 Å². The van der Waals surface area contributed by atoms with Gasteiger partial charge >= 0.3 is 12.0 Å². The van der Waals surface area contributed by atoms with Crippen molar-refractivity contribution in [3.05, 3.63) is 30.3 Å². The van der Waals surface area contributed by atoms with Crippen LogP contribution in [0.15, 0.2) is 30.3 Å². The van der Waals surface area contributed by atoms with Crippen LogP contribution >= 0.6 is 0 Å². The number of nitrogens with one attached hydrogen (secondary N) is 2. The van der Waals surface area contributed by atoms with Gasteiger partial charge in [-0.3, -0.25) is 9.59 Å². The molecule has 23 heavy (non-hydrogen) atoms. The number of carboxylic acid groups (broad SMARTS) is 1. The molecule has 0 aromatic heterocycles. The summed E-state index contributed by atoms with van der Waals surface area (Å²) in [6, 6.07) is 8.35. The molecule has 0 saturated heterocycles. The van der Waals surface area contributed by atoms with E-state index >= 15 is 0 Å². The number of anilines is 1. The predicted octanol–water partition coefficient (Wildman–Crippen LogP) is 1.77. The van der Waals surface area contributed by atoms with Crippen molar-refractivity contribution in [1.82, 2.24) is 10.2 Å². The fraction of sp³-hybridized carbons (Fsp3) is 0.438. The summed E-state index contributed by atoms with van der Waals surface area (Å²) in [5.74, 6) is -2.02. The summed E-state index contributed by atoms with van der Waals surface area (Å²) in [5, 5.41) is 14.1. The Kier molecular flexibility index (Phi) is 6.12. The maximum Gasteiger partial charge on any atom is 0.320 e. The predicted molar refractivity (Wildman–Crippen MR) is 87.1 cm³/mol. The van der Waals surface area contributed by atoms with Gasteiger partial charge in [0.2, 0.25) is 5.91 Å². The average molecular weight is 321 g/mol. The number of benzene rings is 1. The van der Waals surface area contributed by atoms with Crippen LogP contribution in [0.4, 0.5) is 10.5 Å². The van der Waals surface area contributed by atoms with E-state index in [9.17, 15) is 14.4 Å². The summed E-state index contributed by atoms with van der Waals surface area (Å²) in [7, 11) is 1.51. The molecule has 3 N–H and O–H groups in total. The third-order valence-electron chi connectivity index (χ3n) is 3.31. The highest BCUT2D eigenvalue weighted by atomic mass is 16.4. The molecule has 7 heteroatoms. The fourth-order valence-corrected chi connectivity index (χ4v) is 2.07. The second kappa shape index (κ2) is 7.62. The topological polar surface area (TPSA) is 98.7 Å². The Labute approximate surface area is 135 Å². The van der Waals surface area contributed by atoms with Crippen LogP contribution in [0.1, 0.15) is 20.8 Å². The highest BCUT2D eigenvalue weighted by Gasteiger charge is 2.33. The lowest BCUT2D eigenvalue weighted by Gasteiger charge is -2.31. The van der Waals surface area contributed by atoms with Gasteiger partial charge in [0.15, 0.2) is 0 Å². The largest absolute Gasteiger partial charge is 0.481 e. The van der Waals surface area contributed by atoms with Crippen LogP contribution in [0.5, 0.6) is 0 Å². The van der Waals surface area contributed by atoms with Crippen LogP contribution in [-0.2, 0) is 9.59 Å². The second-order valence-electron chi connectivity index (χ2n) is 6.00. The maximum atomic E-state index is 12.4. The maximum absolute atomic E-state index is 12.4. The van der Waals surface area contributed by atoms with Gasteiger partial charge in [-0.1, -0.05) is 25.1 Å². The zero-order valence-corrected chi connectivity index (χ0v) is 13.8. The molecular formula is C16H23N3O4. The van der Waals surface area contributed by atoms with Crippen molar-refractivity contribution in [3.63, 3.8) is 0 Å². The van der Waals surface area contributed by atoms with Crippen molar-refractivity contribution in [2.24, 2.45) is 5.92 Å². The van der Waals surface area contributed by atoms with Gasteiger partial charge < -0.3 is 20.6 Å². The molecule has 7 nitrogen and oxygen atoms in total. The zero-order valence-electron chi connectivity index (χ0n) is 13.8. The Balaban J connectivity index is 2.64. The van der Waals surface area contributed by atoms with Crippen LogP contribution < -0.4 is 10.6 Å². The Morgan fingerprint density at radius 2 is 1.78 bits per heavy atom. The highest BCUT2D eigenvalue weighted by molar-refractivity contribution is 5.95. The average Bonchev–Trinajstić information content (AvgIpc) is 2.46. The van der Waals surface area contributed by atoms with Gasteiger partial charge in [0, 0.05) is 19.3 Å². The highest BCUT2D eigenvalue weighted by Crippen LogP contribution is 2.11. The Hall–Kier alpha value is -2.57. The van der Waals surface area contributed by atoms with Gasteiger partial charge in [-0.25, -0.2) is 4.79 Å². The van der Waals surface area contributed by atoms with Crippen LogP contribution in [0.2, 0.25) is 0 Å². The van der Waals surface area contributed by atoms with Crippen molar-refractivity contribution in [2.75, 3.05) is 18.9 Å². The van der Waals surface area contributed by atoms with E-state index in [2.05, 4.69) is 10.6 Å². The molecule has 1 aromatic carbocycles. The third-order valence-corrected chi connectivity index (χ3v) is 3.31. The minimum atomic E-state index is -1.16. The lowest BCUT2D eigenvalue weighted by molar-refractivity contribution is -0.143. The van der Waals surface area contributed by atoms with E-state index in [-0.39, 0.29) is 12.5 Å². The number of hydrogen-bond acceptors (Lipinski definition) is 3. The van der Waals surface area contributed by atoms with Gasteiger partial charge in [-0.05, 0) is 26.0 Å². The molecule has 0 aliphatic rings. The SMILES string of the molecule is CC(CN(C)C(=O)C(C)(C)NC(=O)Nc1ccccc1)C(=O)O. The van der Waals surface area contributed by atoms with Crippen molar-refractivity contribution in [1.29, 1.82) is 0 Å². The number of carbonyl (C=O) groups excluding carboxylic acids is 2. The lowest BCUT2D eigenvalue weighted by atomic mass is 10.0. The van der Waals surface area contributed by atoms with Gasteiger partial charge in [0.25, 0.3) is 0 Å². The Morgan fingerprint density at radius 1 is 1.22 bits per heavy atom. The van der Waals surface area contributed by atoms with Crippen LogP contribution in [0, 0.1) is 5.92 Å². The number of carbonyl (C=O) groups is 3. The number of nitrogens with zero attached hydrogens (tertiary/aromatic N) is 1. The third kappa shape index (κ3) is 5.61. The molecule has 1 atom stereocenters.